The maximum absolute atomic E-state index is 10.6. The van der Waals surface area contributed by atoms with Crippen molar-refractivity contribution in [1.82, 2.24) is 0 Å². The predicted octanol–water partition coefficient (Wildman–Crippen LogP) is 0.850. The van der Waals surface area contributed by atoms with Crippen molar-refractivity contribution in [3.63, 3.8) is 0 Å². The van der Waals surface area contributed by atoms with Crippen LogP contribution in [0.4, 0.5) is 0 Å². The van der Waals surface area contributed by atoms with Crippen molar-refractivity contribution in [2.75, 3.05) is 0 Å². The van der Waals surface area contributed by atoms with E-state index in [1.165, 1.54) is 0 Å². The molecular weight excluding hydrogens is 214 g/mol. The average Bonchev–Trinajstić information content (AvgIpc) is 2.03. The van der Waals surface area contributed by atoms with Crippen LogP contribution in [0.3, 0.4) is 0 Å². The second kappa shape index (κ2) is 6.73. The zero-order chi connectivity index (χ0) is 10.1. The standard InChI is InChI=1S/C11H14O2.Al.Na.4H/c1-11(2,3)9-6-4-8(5-7-9)10(12)13;;;;;;/h4-7H,1-3H3,(H,12,13);;;;;;. The van der Waals surface area contributed by atoms with E-state index in [1.54, 1.807) is 12.1 Å². The van der Waals surface area contributed by atoms with Crippen molar-refractivity contribution >= 4 is 52.9 Å². The first kappa shape index (κ1) is 17.6. The fourth-order valence-electron chi connectivity index (χ4n) is 1.11. The third-order valence-corrected chi connectivity index (χ3v) is 2.00. The first-order chi connectivity index (χ1) is 5.91. The molecule has 0 bridgehead atoms. The molecule has 0 fully saturated rings. The van der Waals surface area contributed by atoms with Crippen LogP contribution in [0.1, 0.15) is 36.7 Å². The van der Waals surface area contributed by atoms with Gasteiger partial charge in [0.1, 0.15) is 0 Å². The van der Waals surface area contributed by atoms with Crippen LogP contribution in [0.15, 0.2) is 24.3 Å². The van der Waals surface area contributed by atoms with Crippen molar-refractivity contribution in [2.24, 2.45) is 0 Å². The van der Waals surface area contributed by atoms with E-state index >= 15 is 0 Å². The van der Waals surface area contributed by atoms with E-state index in [0.29, 0.717) is 5.56 Å². The Morgan fingerprint density at radius 2 is 1.53 bits per heavy atom. The van der Waals surface area contributed by atoms with Crippen LogP contribution in [0.2, 0.25) is 0 Å². The Kier molecular flexibility index (Phi) is 7.90. The van der Waals surface area contributed by atoms with Crippen LogP contribution in [0, 0.1) is 0 Å². The molecule has 0 saturated carbocycles. The molecule has 2 nitrogen and oxygen atoms in total. The predicted molar refractivity (Wildman–Crippen MR) is 69.2 cm³/mol. The van der Waals surface area contributed by atoms with Crippen molar-refractivity contribution in [3.8, 4) is 0 Å². The third-order valence-electron chi connectivity index (χ3n) is 2.00. The Morgan fingerprint density at radius 1 is 1.13 bits per heavy atom. The molecule has 0 atom stereocenters. The number of hydrogen-bond acceptors (Lipinski definition) is 1. The van der Waals surface area contributed by atoms with Crippen LogP contribution in [0.25, 0.3) is 0 Å². The second-order valence-corrected chi connectivity index (χ2v) is 4.13. The van der Waals surface area contributed by atoms with E-state index in [-0.39, 0.29) is 52.3 Å². The number of carboxylic acids is 1. The fourth-order valence-corrected chi connectivity index (χ4v) is 1.11. The summed E-state index contributed by atoms with van der Waals surface area (Å²) in [4.78, 5) is 10.6. The Morgan fingerprint density at radius 3 is 1.80 bits per heavy atom. The van der Waals surface area contributed by atoms with Gasteiger partial charge >= 0.3 is 35.5 Å². The monoisotopic (exact) mass is 232 g/mol. The van der Waals surface area contributed by atoms with Crippen LogP contribution >= 0.6 is 0 Å². The molecule has 0 radical (unpaired) electrons. The van der Waals surface area contributed by atoms with E-state index in [1.807, 2.05) is 12.1 Å². The zero-order valence-electron chi connectivity index (χ0n) is 8.16. The Labute approximate surface area is 123 Å². The zero-order valence-corrected chi connectivity index (χ0v) is 8.16. The average molecular weight is 232 g/mol. The first-order valence-electron chi connectivity index (χ1n) is 4.25. The van der Waals surface area contributed by atoms with E-state index in [4.69, 9.17) is 5.11 Å². The molecule has 0 aliphatic rings. The van der Waals surface area contributed by atoms with Crippen LogP contribution in [-0.2, 0) is 5.41 Å². The number of benzene rings is 1. The molecule has 1 rings (SSSR count). The topological polar surface area (TPSA) is 37.3 Å². The van der Waals surface area contributed by atoms with Gasteiger partial charge in [-0.25, -0.2) is 4.79 Å². The first-order valence-corrected chi connectivity index (χ1v) is 4.25. The summed E-state index contributed by atoms with van der Waals surface area (Å²) in [6, 6.07) is 7.01. The van der Waals surface area contributed by atoms with Gasteiger partial charge in [-0.1, -0.05) is 32.9 Å². The minimum absolute atomic E-state index is 0. The van der Waals surface area contributed by atoms with E-state index in [9.17, 15) is 4.79 Å². The van der Waals surface area contributed by atoms with E-state index in [0.717, 1.165) is 5.56 Å². The van der Waals surface area contributed by atoms with Crippen LogP contribution < -0.4 is 0 Å². The number of carboxylic acid groups (broad SMARTS) is 1. The summed E-state index contributed by atoms with van der Waals surface area (Å²) in [6.45, 7) is 6.30. The van der Waals surface area contributed by atoms with Gasteiger partial charge in [0, 0.05) is 0 Å². The van der Waals surface area contributed by atoms with Gasteiger partial charge in [0.15, 0.2) is 17.4 Å². The molecule has 1 aromatic carbocycles. The van der Waals surface area contributed by atoms with E-state index < -0.39 is 5.97 Å². The summed E-state index contributed by atoms with van der Waals surface area (Å²) in [5.41, 5.74) is 1.57. The van der Waals surface area contributed by atoms with Gasteiger partial charge in [-0.05, 0) is 23.1 Å². The van der Waals surface area contributed by atoms with Crippen LogP contribution in [-0.4, -0.2) is 58.0 Å². The molecule has 15 heavy (non-hydrogen) atoms. The Bertz CT molecular complexity index is 314. The SMILES string of the molecule is CC(C)(C)c1ccc(C(=O)O)cc1.[AlH3].[NaH]. The molecule has 0 heterocycles. The molecule has 0 saturated heterocycles. The summed E-state index contributed by atoms with van der Waals surface area (Å²) >= 11 is 0. The maximum atomic E-state index is 10.6. The van der Waals surface area contributed by atoms with Gasteiger partial charge in [0.05, 0.1) is 5.56 Å². The van der Waals surface area contributed by atoms with Crippen LogP contribution in [0.5, 0.6) is 0 Å². The summed E-state index contributed by atoms with van der Waals surface area (Å²) in [5, 5.41) is 8.68. The minimum atomic E-state index is -0.875. The summed E-state index contributed by atoms with van der Waals surface area (Å²) in [6.07, 6.45) is 0. The quantitative estimate of drug-likeness (QED) is 0.729. The molecule has 1 aromatic rings. The molecule has 0 aliphatic heterocycles. The molecular formula is C11H18AlNaO2. The summed E-state index contributed by atoms with van der Waals surface area (Å²) in [5.74, 6) is -0.875. The van der Waals surface area contributed by atoms with Crippen molar-refractivity contribution in [3.05, 3.63) is 35.4 Å². The number of hydrogen-bond donors (Lipinski definition) is 1. The van der Waals surface area contributed by atoms with Crippen molar-refractivity contribution in [1.29, 1.82) is 0 Å². The second-order valence-electron chi connectivity index (χ2n) is 4.13. The molecule has 1 N–H and O–H groups in total. The Hall–Kier alpha value is 0.222. The molecule has 0 unspecified atom stereocenters. The number of carbonyl (C=O) groups is 1. The molecule has 0 amide bonds. The third kappa shape index (κ3) is 5.20. The normalized spacial score (nSPS) is 9.80. The molecule has 0 aliphatic carbocycles. The van der Waals surface area contributed by atoms with Crippen molar-refractivity contribution < 1.29 is 9.90 Å². The van der Waals surface area contributed by atoms with Crippen molar-refractivity contribution in [2.45, 2.75) is 26.2 Å². The van der Waals surface area contributed by atoms with E-state index in [2.05, 4.69) is 20.8 Å². The van der Waals surface area contributed by atoms with Gasteiger partial charge in [-0.2, -0.15) is 0 Å². The van der Waals surface area contributed by atoms with Gasteiger partial charge < -0.3 is 5.11 Å². The number of rotatable bonds is 1. The van der Waals surface area contributed by atoms with Gasteiger partial charge in [0.2, 0.25) is 0 Å². The molecule has 78 valence electrons. The summed E-state index contributed by atoms with van der Waals surface area (Å²) in [7, 11) is 0. The van der Waals surface area contributed by atoms with Gasteiger partial charge in [-0.3, -0.25) is 0 Å². The molecule has 0 aromatic heterocycles. The fraction of sp³-hybridized carbons (Fsp3) is 0.364. The molecule has 0 spiro atoms. The summed E-state index contributed by atoms with van der Waals surface area (Å²) < 4.78 is 0. The Balaban J connectivity index is 0. The van der Waals surface area contributed by atoms with Gasteiger partial charge in [-0.15, -0.1) is 0 Å². The molecule has 4 heteroatoms. The van der Waals surface area contributed by atoms with Gasteiger partial charge in [0.25, 0.3) is 0 Å². The number of aromatic carboxylic acids is 1.